The number of fused-ring (bicyclic) bond motifs is 1. The van der Waals surface area contributed by atoms with Gasteiger partial charge in [-0.25, -0.2) is 8.78 Å². The molecule has 0 radical (unpaired) electrons. The van der Waals surface area contributed by atoms with Gasteiger partial charge in [-0.2, -0.15) is 0 Å². The summed E-state index contributed by atoms with van der Waals surface area (Å²) in [7, 11) is 0. The lowest BCUT2D eigenvalue weighted by atomic mass is 10.1. The first kappa shape index (κ1) is 9.83. The summed E-state index contributed by atoms with van der Waals surface area (Å²) in [5, 5.41) is 0.407. The van der Waals surface area contributed by atoms with Crippen molar-refractivity contribution in [3.8, 4) is 0 Å². The first-order valence-electron chi connectivity index (χ1n) is 4.49. The van der Waals surface area contributed by atoms with Crippen molar-refractivity contribution in [3.05, 3.63) is 45.7 Å². The van der Waals surface area contributed by atoms with Gasteiger partial charge in [0.15, 0.2) is 0 Å². The van der Waals surface area contributed by atoms with E-state index >= 15 is 0 Å². The molecule has 0 bridgehead atoms. The third-order valence-electron chi connectivity index (χ3n) is 2.27. The molecule has 15 heavy (non-hydrogen) atoms. The Balaban J connectivity index is 2.88. The lowest BCUT2D eigenvalue weighted by Crippen LogP contribution is -2.06. The number of alkyl halides is 2. The van der Waals surface area contributed by atoms with Crippen molar-refractivity contribution in [2.24, 2.45) is 0 Å². The number of aromatic nitrogens is 1. The number of aryl methyl sites for hydroxylation is 1. The van der Waals surface area contributed by atoms with Gasteiger partial charge >= 0.3 is 0 Å². The number of hydrogen-bond acceptors (Lipinski definition) is 1. The Kier molecular flexibility index (Phi) is 2.26. The Bertz CT molecular complexity index is 560. The fourth-order valence-electron chi connectivity index (χ4n) is 1.57. The van der Waals surface area contributed by atoms with Gasteiger partial charge in [-0.05, 0) is 19.1 Å². The van der Waals surface area contributed by atoms with Gasteiger partial charge < -0.3 is 4.98 Å². The van der Waals surface area contributed by atoms with Crippen LogP contribution >= 0.6 is 0 Å². The maximum Gasteiger partial charge on any atom is 0.264 e. The Labute approximate surface area is 84.6 Å². The maximum atomic E-state index is 12.7. The Morgan fingerprint density at radius 1 is 1.27 bits per heavy atom. The molecule has 1 heterocycles. The lowest BCUT2D eigenvalue weighted by Gasteiger charge is -2.05. The number of halogens is 2. The normalized spacial score (nSPS) is 11.2. The van der Waals surface area contributed by atoms with E-state index in [9.17, 15) is 13.6 Å². The highest BCUT2D eigenvalue weighted by atomic mass is 19.3. The smallest absolute Gasteiger partial charge is 0.264 e. The van der Waals surface area contributed by atoms with Gasteiger partial charge in [-0.15, -0.1) is 0 Å². The summed E-state index contributed by atoms with van der Waals surface area (Å²) in [6.07, 6.45) is -2.63. The molecule has 2 nitrogen and oxygen atoms in total. The second kappa shape index (κ2) is 3.46. The van der Waals surface area contributed by atoms with Crippen molar-refractivity contribution >= 4 is 10.9 Å². The Morgan fingerprint density at radius 2 is 2.00 bits per heavy atom. The van der Waals surface area contributed by atoms with Gasteiger partial charge in [-0.3, -0.25) is 4.79 Å². The zero-order chi connectivity index (χ0) is 11.0. The minimum absolute atomic E-state index is 0.211. The fourth-order valence-corrected chi connectivity index (χ4v) is 1.57. The molecule has 0 saturated carbocycles. The molecule has 0 aliphatic carbocycles. The summed E-state index contributed by atoms with van der Waals surface area (Å²) in [5.74, 6) is 0. The van der Waals surface area contributed by atoms with E-state index in [1.54, 1.807) is 18.2 Å². The maximum absolute atomic E-state index is 12.7. The zero-order valence-electron chi connectivity index (χ0n) is 8.05. The molecule has 1 N–H and O–H groups in total. The van der Waals surface area contributed by atoms with E-state index in [0.717, 1.165) is 11.6 Å². The molecule has 0 unspecified atom stereocenters. The molecule has 0 aliphatic rings. The van der Waals surface area contributed by atoms with Gasteiger partial charge in [0.25, 0.3) is 6.43 Å². The van der Waals surface area contributed by atoms with Crippen molar-refractivity contribution in [1.82, 2.24) is 4.98 Å². The molecular weight excluding hydrogens is 200 g/mol. The number of pyridine rings is 1. The number of H-pyrrole nitrogens is 1. The summed E-state index contributed by atoms with van der Waals surface area (Å²) in [6.45, 7) is 1.82. The van der Waals surface area contributed by atoms with Gasteiger partial charge in [-0.1, -0.05) is 11.6 Å². The SMILES string of the molecule is Cc1ccc2[nH]c(=O)cc(C(F)F)c2c1. The van der Waals surface area contributed by atoms with Crippen LogP contribution in [0.5, 0.6) is 0 Å². The first-order valence-corrected chi connectivity index (χ1v) is 4.49. The van der Waals surface area contributed by atoms with E-state index in [0.29, 0.717) is 10.9 Å². The molecule has 0 aliphatic heterocycles. The molecule has 2 rings (SSSR count). The third-order valence-corrected chi connectivity index (χ3v) is 2.27. The largest absolute Gasteiger partial charge is 0.322 e. The van der Waals surface area contributed by atoms with Crippen molar-refractivity contribution in [3.63, 3.8) is 0 Å². The van der Waals surface area contributed by atoms with Crippen LogP contribution in [0.4, 0.5) is 8.78 Å². The summed E-state index contributed by atoms with van der Waals surface area (Å²) in [4.78, 5) is 13.6. The minimum atomic E-state index is -2.63. The highest BCUT2D eigenvalue weighted by Crippen LogP contribution is 2.25. The lowest BCUT2D eigenvalue weighted by molar-refractivity contribution is 0.153. The minimum Gasteiger partial charge on any atom is -0.322 e. The van der Waals surface area contributed by atoms with Crippen molar-refractivity contribution in [2.75, 3.05) is 0 Å². The van der Waals surface area contributed by atoms with E-state index < -0.39 is 12.0 Å². The third kappa shape index (κ3) is 1.75. The highest BCUT2D eigenvalue weighted by molar-refractivity contribution is 5.82. The van der Waals surface area contributed by atoms with E-state index in [-0.39, 0.29) is 5.56 Å². The molecule has 1 aromatic carbocycles. The molecule has 78 valence electrons. The van der Waals surface area contributed by atoms with Crippen molar-refractivity contribution in [1.29, 1.82) is 0 Å². The molecule has 0 atom stereocenters. The second-order valence-corrected chi connectivity index (χ2v) is 3.44. The van der Waals surface area contributed by atoms with Crippen molar-refractivity contribution < 1.29 is 8.78 Å². The van der Waals surface area contributed by atoms with Crippen LogP contribution in [-0.4, -0.2) is 4.98 Å². The van der Waals surface area contributed by atoms with E-state index in [4.69, 9.17) is 0 Å². The van der Waals surface area contributed by atoms with Gasteiger partial charge in [0.2, 0.25) is 5.56 Å². The summed E-state index contributed by atoms with van der Waals surface area (Å²) >= 11 is 0. The van der Waals surface area contributed by atoms with Gasteiger partial charge in [0.05, 0.1) is 0 Å². The van der Waals surface area contributed by atoms with Crippen LogP contribution < -0.4 is 5.56 Å². The number of hydrogen-bond donors (Lipinski definition) is 1. The average molecular weight is 209 g/mol. The molecule has 0 saturated heterocycles. The average Bonchev–Trinajstić information content (AvgIpc) is 2.17. The van der Waals surface area contributed by atoms with Crippen LogP contribution in [0.15, 0.2) is 29.1 Å². The van der Waals surface area contributed by atoms with Crippen molar-refractivity contribution in [2.45, 2.75) is 13.3 Å². The van der Waals surface area contributed by atoms with Gasteiger partial charge in [0.1, 0.15) is 0 Å². The first-order chi connectivity index (χ1) is 7.08. The summed E-state index contributed by atoms with van der Waals surface area (Å²) in [6, 6.07) is 6.00. The summed E-state index contributed by atoms with van der Waals surface area (Å²) in [5.41, 5.74) is 0.624. The van der Waals surface area contributed by atoms with Crippen LogP contribution in [0.25, 0.3) is 10.9 Å². The Hall–Kier alpha value is -1.71. The molecule has 4 heteroatoms. The van der Waals surface area contributed by atoms with Crippen LogP contribution in [0.1, 0.15) is 17.6 Å². The van der Waals surface area contributed by atoms with Crippen LogP contribution in [0, 0.1) is 6.92 Å². The quantitative estimate of drug-likeness (QED) is 0.769. The van der Waals surface area contributed by atoms with Gasteiger partial charge in [0, 0.05) is 22.5 Å². The molecule has 0 spiro atoms. The number of rotatable bonds is 1. The molecule has 0 amide bonds. The predicted molar refractivity (Wildman–Crippen MR) is 54.3 cm³/mol. The monoisotopic (exact) mass is 209 g/mol. The molecule has 2 aromatic rings. The van der Waals surface area contributed by atoms with E-state index in [1.165, 1.54) is 0 Å². The van der Waals surface area contributed by atoms with E-state index in [1.807, 2.05) is 6.92 Å². The van der Waals surface area contributed by atoms with Crippen LogP contribution in [0.2, 0.25) is 0 Å². The molecular formula is C11H9F2NO. The topological polar surface area (TPSA) is 32.9 Å². The Morgan fingerprint density at radius 3 is 2.67 bits per heavy atom. The number of benzene rings is 1. The molecule has 0 fully saturated rings. The second-order valence-electron chi connectivity index (χ2n) is 3.44. The van der Waals surface area contributed by atoms with Crippen LogP contribution in [-0.2, 0) is 0 Å². The number of nitrogens with one attached hydrogen (secondary N) is 1. The standard InChI is InChI=1S/C11H9F2NO/c1-6-2-3-9-7(4-6)8(11(12)13)5-10(15)14-9/h2-5,11H,1H3,(H,14,15). The van der Waals surface area contributed by atoms with E-state index in [2.05, 4.69) is 4.98 Å². The van der Waals surface area contributed by atoms with Crippen LogP contribution in [0.3, 0.4) is 0 Å². The fraction of sp³-hybridized carbons (Fsp3) is 0.182. The zero-order valence-corrected chi connectivity index (χ0v) is 8.05. The molecule has 1 aromatic heterocycles. The summed E-state index contributed by atoms with van der Waals surface area (Å²) < 4.78 is 25.3. The highest BCUT2D eigenvalue weighted by Gasteiger charge is 2.12. The number of aromatic amines is 1. The predicted octanol–water partition coefficient (Wildman–Crippen LogP) is 2.77.